The van der Waals surface area contributed by atoms with Gasteiger partial charge in [0.05, 0.1) is 29.8 Å². The van der Waals surface area contributed by atoms with Gasteiger partial charge in [-0.25, -0.2) is 8.42 Å². The zero-order valence-electron chi connectivity index (χ0n) is 25.6. The van der Waals surface area contributed by atoms with Gasteiger partial charge in [0.15, 0.2) is 0 Å². The molecule has 5 rings (SSSR count). The minimum absolute atomic E-state index is 0.0358. The normalized spacial score (nSPS) is 18.9. The summed E-state index contributed by atoms with van der Waals surface area (Å²) in [5.41, 5.74) is -5.86. The SMILES string of the molecule is COc1cccc(N2CC(NC(=O)C[C@@H]3CCc4cc(C(O)(C(F)(F)F)C(F)(F)F)ccc4N3S(=O)(=O)c3ccc(C)cc3)CC2=O)c1. The molecule has 48 heavy (non-hydrogen) atoms. The average molecular weight is 700 g/mol. The number of carbonyl (C=O) groups excluding carboxylic acids is 2. The first kappa shape index (κ1) is 35.0. The molecule has 2 atom stereocenters. The first-order valence-corrected chi connectivity index (χ1v) is 16.1. The monoisotopic (exact) mass is 699 g/mol. The first-order valence-electron chi connectivity index (χ1n) is 14.7. The number of aryl methyl sites for hydroxylation is 2. The van der Waals surface area contributed by atoms with E-state index in [4.69, 9.17) is 4.74 Å². The van der Waals surface area contributed by atoms with Crippen molar-refractivity contribution in [2.45, 2.75) is 67.5 Å². The molecule has 0 radical (unpaired) electrons. The highest BCUT2D eigenvalue weighted by Crippen LogP contribution is 2.51. The van der Waals surface area contributed by atoms with Crippen LogP contribution in [0.25, 0.3) is 0 Å². The van der Waals surface area contributed by atoms with Gasteiger partial charge < -0.3 is 20.1 Å². The number of halogens is 6. The van der Waals surface area contributed by atoms with Gasteiger partial charge in [0, 0.05) is 36.7 Å². The maximum absolute atomic E-state index is 14.0. The van der Waals surface area contributed by atoms with Gasteiger partial charge in [-0.1, -0.05) is 35.9 Å². The van der Waals surface area contributed by atoms with E-state index in [1.54, 1.807) is 31.2 Å². The number of fused-ring (bicyclic) bond motifs is 1. The summed E-state index contributed by atoms with van der Waals surface area (Å²) in [6, 6.07) is 12.3. The van der Waals surface area contributed by atoms with Crippen LogP contribution in [0.15, 0.2) is 71.6 Å². The molecule has 2 aliphatic rings. The molecular weight excluding hydrogens is 668 g/mol. The van der Waals surface area contributed by atoms with Crippen molar-refractivity contribution < 1.29 is 54.2 Å². The molecule has 0 bridgehead atoms. The second-order valence-corrected chi connectivity index (χ2v) is 13.5. The summed E-state index contributed by atoms with van der Waals surface area (Å²) in [4.78, 5) is 27.3. The topological polar surface area (TPSA) is 116 Å². The number of ether oxygens (including phenoxy) is 1. The zero-order chi connectivity index (χ0) is 35.2. The van der Waals surface area contributed by atoms with Gasteiger partial charge in [-0.15, -0.1) is 0 Å². The quantitative estimate of drug-likeness (QED) is 0.315. The largest absolute Gasteiger partial charge is 0.497 e. The number of methoxy groups -OCH3 is 1. The summed E-state index contributed by atoms with van der Waals surface area (Å²) in [6.07, 6.45) is -13.1. The fraction of sp³-hybridized carbons (Fsp3) is 0.375. The maximum atomic E-state index is 14.0. The van der Waals surface area contributed by atoms with Crippen molar-refractivity contribution in [3.8, 4) is 5.75 Å². The Morgan fingerprint density at radius 1 is 1.00 bits per heavy atom. The van der Waals surface area contributed by atoms with E-state index < -0.39 is 58.0 Å². The molecule has 0 aromatic heterocycles. The number of anilines is 2. The smallest absolute Gasteiger partial charge is 0.430 e. The van der Waals surface area contributed by atoms with E-state index in [-0.39, 0.29) is 47.9 Å². The molecule has 258 valence electrons. The molecule has 3 aromatic carbocycles. The summed E-state index contributed by atoms with van der Waals surface area (Å²) in [7, 11) is -3.03. The lowest BCUT2D eigenvalue weighted by molar-refractivity contribution is -0.376. The number of nitrogens with one attached hydrogen (secondary N) is 1. The number of hydrogen-bond acceptors (Lipinski definition) is 6. The van der Waals surface area contributed by atoms with Crippen LogP contribution in [0.4, 0.5) is 37.7 Å². The molecule has 9 nitrogen and oxygen atoms in total. The van der Waals surface area contributed by atoms with Gasteiger partial charge in [-0.2, -0.15) is 26.3 Å². The van der Waals surface area contributed by atoms with Gasteiger partial charge in [-0.3, -0.25) is 13.9 Å². The van der Waals surface area contributed by atoms with E-state index >= 15 is 0 Å². The van der Waals surface area contributed by atoms with Crippen LogP contribution >= 0.6 is 0 Å². The Labute approximate surface area is 272 Å². The Hall–Kier alpha value is -4.31. The second kappa shape index (κ2) is 12.6. The average Bonchev–Trinajstić information content (AvgIpc) is 3.38. The highest BCUT2D eigenvalue weighted by Gasteiger charge is 2.71. The van der Waals surface area contributed by atoms with E-state index in [9.17, 15) is 49.5 Å². The lowest BCUT2D eigenvalue weighted by Gasteiger charge is -2.39. The lowest BCUT2D eigenvalue weighted by atomic mass is 9.87. The molecule has 16 heteroatoms. The van der Waals surface area contributed by atoms with Crippen LogP contribution in [-0.2, 0) is 31.6 Å². The van der Waals surface area contributed by atoms with Gasteiger partial charge in [0.2, 0.25) is 11.8 Å². The summed E-state index contributed by atoms with van der Waals surface area (Å²) in [5, 5.41) is 12.7. The third kappa shape index (κ3) is 6.42. The van der Waals surface area contributed by atoms with Crippen molar-refractivity contribution in [3.05, 3.63) is 83.4 Å². The molecule has 1 unspecified atom stereocenters. The summed E-state index contributed by atoms with van der Waals surface area (Å²) < 4.78 is 116. The van der Waals surface area contributed by atoms with E-state index in [0.29, 0.717) is 23.6 Å². The van der Waals surface area contributed by atoms with Crippen LogP contribution in [0.3, 0.4) is 0 Å². The Morgan fingerprint density at radius 3 is 2.29 bits per heavy atom. The Kier molecular flexibility index (Phi) is 9.20. The van der Waals surface area contributed by atoms with Crippen LogP contribution in [0.1, 0.15) is 36.0 Å². The van der Waals surface area contributed by atoms with Gasteiger partial charge >= 0.3 is 12.4 Å². The number of benzene rings is 3. The number of carbonyl (C=O) groups is 2. The summed E-state index contributed by atoms with van der Waals surface area (Å²) in [6.45, 7) is 1.84. The van der Waals surface area contributed by atoms with Crippen molar-refractivity contribution in [2.75, 3.05) is 22.9 Å². The lowest BCUT2D eigenvalue weighted by Crippen LogP contribution is -2.54. The Balaban J connectivity index is 1.45. The standard InChI is InChI=1S/C32H31F6N3O6S/c1-19-6-11-26(12-7-19)48(45,46)41-24(10-8-20-14-21(9-13-27(20)41)30(44,31(33,34)35)32(36,37)38)17-28(42)39-22-15-29(43)40(18-22)23-4-3-5-25(16-23)47-2/h3-7,9,11-14,16,22,24,44H,8,10,15,17-18H2,1-2H3,(H,39,42)/t22?,24-/m0/s1. The fourth-order valence-electron chi connectivity index (χ4n) is 6.02. The second-order valence-electron chi connectivity index (χ2n) is 11.7. The fourth-order valence-corrected chi connectivity index (χ4v) is 7.73. The molecular formula is C32H31F6N3O6S. The molecule has 2 aliphatic heterocycles. The van der Waals surface area contributed by atoms with Crippen LogP contribution < -0.4 is 19.3 Å². The first-order chi connectivity index (χ1) is 22.4. The molecule has 0 aliphatic carbocycles. The highest BCUT2D eigenvalue weighted by molar-refractivity contribution is 7.92. The van der Waals surface area contributed by atoms with Crippen LogP contribution in [0.2, 0.25) is 0 Å². The van der Waals surface area contributed by atoms with E-state index in [1.807, 2.05) is 0 Å². The number of aliphatic hydroxyl groups is 1. The highest BCUT2D eigenvalue weighted by atomic mass is 32.2. The van der Waals surface area contributed by atoms with E-state index in [0.717, 1.165) is 15.9 Å². The number of rotatable bonds is 8. The molecule has 2 N–H and O–H groups in total. The number of nitrogens with zero attached hydrogens (tertiary/aromatic N) is 2. The third-order valence-corrected chi connectivity index (χ3v) is 10.4. The zero-order valence-corrected chi connectivity index (χ0v) is 26.4. The van der Waals surface area contributed by atoms with Gasteiger partial charge in [0.25, 0.3) is 15.6 Å². The Morgan fingerprint density at radius 2 is 1.67 bits per heavy atom. The molecule has 2 heterocycles. The van der Waals surface area contributed by atoms with Crippen molar-refractivity contribution >= 4 is 33.2 Å². The summed E-state index contributed by atoms with van der Waals surface area (Å²) in [5.74, 6) is -0.357. The molecule has 2 amide bonds. The summed E-state index contributed by atoms with van der Waals surface area (Å²) >= 11 is 0. The maximum Gasteiger partial charge on any atom is 0.430 e. The minimum Gasteiger partial charge on any atom is -0.497 e. The predicted octanol–water partition coefficient (Wildman–Crippen LogP) is 5.14. The van der Waals surface area contributed by atoms with Crippen LogP contribution in [-0.4, -0.2) is 63.4 Å². The number of alkyl halides is 6. The van der Waals surface area contributed by atoms with E-state index in [2.05, 4.69) is 5.32 Å². The van der Waals surface area contributed by atoms with Crippen molar-refractivity contribution in [1.29, 1.82) is 0 Å². The number of amides is 2. The van der Waals surface area contributed by atoms with Crippen molar-refractivity contribution in [3.63, 3.8) is 0 Å². The number of hydrogen-bond donors (Lipinski definition) is 2. The predicted molar refractivity (Wildman–Crippen MR) is 162 cm³/mol. The van der Waals surface area contributed by atoms with Gasteiger partial charge in [0.1, 0.15) is 5.75 Å². The van der Waals surface area contributed by atoms with Crippen molar-refractivity contribution in [2.24, 2.45) is 0 Å². The molecule has 0 saturated carbocycles. The molecule has 0 spiro atoms. The van der Waals surface area contributed by atoms with E-state index in [1.165, 1.54) is 36.3 Å². The third-order valence-electron chi connectivity index (χ3n) is 8.49. The van der Waals surface area contributed by atoms with Crippen LogP contribution in [0.5, 0.6) is 5.75 Å². The molecule has 1 saturated heterocycles. The number of sulfonamides is 1. The van der Waals surface area contributed by atoms with Crippen LogP contribution in [0, 0.1) is 6.92 Å². The van der Waals surface area contributed by atoms with Gasteiger partial charge in [-0.05, 0) is 55.7 Å². The van der Waals surface area contributed by atoms with Crippen molar-refractivity contribution in [1.82, 2.24) is 5.32 Å². The Bertz CT molecular complexity index is 1800. The minimum atomic E-state index is -6.13. The molecule has 1 fully saturated rings. The molecule has 3 aromatic rings.